The quantitative estimate of drug-likeness (QED) is 0.772. The molecule has 1 atom stereocenters. The highest BCUT2D eigenvalue weighted by molar-refractivity contribution is 6.01. The number of pyridine rings is 1. The minimum absolute atomic E-state index is 0.302. The van der Waals surface area contributed by atoms with Crippen LogP contribution in [-0.4, -0.2) is 45.4 Å². The molecule has 7 nitrogen and oxygen atoms in total. The van der Waals surface area contributed by atoms with Crippen molar-refractivity contribution >= 4 is 23.9 Å². The molecule has 1 aliphatic heterocycles. The van der Waals surface area contributed by atoms with E-state index in [2.05, 4.69) is 4.98 Å². The lowest BCUT2D eigenvalue weighted by Gasteiger charge is -2.22. The third-order valence-electron chi connectivity index (χ3n) is 3.33. The molecule has 1 fully saturated rings. The van der Waals surface area contributed by atoms with E-state index in [0.29, 0.717) is 30.5 Å². The van der Waals surface area contributed by atoms with Gasteiger partial charge in [0.15, 0.2) is 0 Å². The fourth-order valence-electron chi connectivity index (χ4n) is 2.36. The monoisotopic (exact) mass is 289 g/mol. The summed E-state index contributed by atoms with van der Waals surface area (Å²) in [5.41, 5.74) is 5.99. The summed E-state index contributed by atoms with van der Waals surface area (Å²) >= 11 is 0. The highest BCUT2D eigenvalue weighted by atomic mass is 16.4. The molecule has 2 heterocycles. The molecule has 0 radical (unpaired) electrons. The molecule has 0 bridgehead atoms. The summed E-state index contributed by atoms with van der Waals surface area (Å²) in [5.74, 6) is -1.99. The first kappa shape index (κ1) is 14.7. The zero-order chi connectivity index (χ0) is 15.4. The number of hydrogen-bond acceptors (Lipinski definition) is 4. The molecule has 1 unspecified atom stereocenters. The maximum absolute atomic E-state index is 12.5. The number of carbonyl (C=O) groups excluding carboxylic acids is 2. The van der Waals surface area contributed by atoms with Crippen LogP contribution in [0.3, 0.4) is 0 Å². The summed E-state index contributed by atoms with van der Waals surface area (Å²) < 4.78 is 0. The minimum atomic E-state index is -1.12. The Labute approximate surface area is 121 Å². The molecular weight excluding hydrogens is 274 g/mol. The Morgan fingerprint density at radius 2 is 2.19 bits per heavy atom. The third kappa shape index (κ3) is 3.25. The number of aromatic nitrogens is 1. The standard InChI is InChI=1S/C14H15N3O4/c15-13(20)11-2-1-7-17(11)14(21)10-5-6-16-8-9(10)3-4-12(18)19/h3-6,8,11H,1-2,7H2,(H2,15,20)(H,18,19). The Balaban J connectivity index is 2.31. The second-order valence-corrected chi connectivity index (χ2v) is 4.69. The molecule has 0 aromatic carbocycles. The normalized spacial score (nSPS) is 18.1. The van der Waals surface area contributed by atoms with Crippen molar-refractivity contribution in [2.24, 2.45) is 5.73 Å². The van der Waals surface area contributed by atoms with Gasteiger partial charge in [-0.25, -0.2) is 4.79 Å². The van der Waals surface area contributed by atoms with Crippen molar-refractivity contribution in [2.45, 2.75) is 18.9 Å². The number of amides is 2. The van der Waals surface area contributed by atoms with Crippen molar-refractivity contribution < 1.29 is 19.5 Å². The van der Waals surface area contributed by atoms with Gasteiger partial charge in [-0.15, -0.1) is 0 Å². The maximum atomic E-state index is 12.5. The van der Waals surface area contributed by atoms with Gasteiger partial charge in [0.1, 0.15) is 6.04 Å². The maximum Gasteiger partial charge on any atom is 0.328 e. The highest BCUT2D eigenvalue weighted by Crippen LogP contribution is 2.21. The van der Waals surface area contributed by atoms with Crippen LogP contribution in [0, 0.1) is 0 Å². The number of rotatable bonds is 4. The van der Waals surface area contributed by atoms with Crippen molar-refractivity contribution in [3.05, 3.63) is 35.7 Å². The van der Waals surface area contributed by atoms with Crippen LogP contribution in [0.1, 0.15) is 28.8 Å². The van der Waals surface area contributed by atoms with E-state index in [0.717, 1.165) is 6.08 Å². The van der Waals surface area contributed by atoms with Gasteiger partial charge in [-0.2, -0.15) is 0 Å². The van der Waals surface area contributed by atoms with E-state index in [1.807, 2.05) is 0 Å². The van der Waals surface area contributed by atoms with Gasteiger partial charge in [-0.1, -0.05) is 0 Å². The zero-order valence-corrected chi connectivity index (χ0v) is 11.2. The first-order valence-corrected chi connectivity index (χ1v) is 6.46. The lowest BCUT2D eigenvalue weighted by Crippen LogP contribution is -2.43. The second kappa shape index (κ2) is 6.17. The Hall–Kier alpha value is -2.70. The Morgan fingerprint density at radius 3 is 2.86 bits per heavy atom. The predicted octanol–water partition coefficient (Wildman–Crippen LogP) is 0.269. The fourth-order valence-corrected chi connectivity index (χ4v) is 2.36. The van der Waals surface area contributed by atoms with Crippen LogP contribution in [0.15, 0.2) is 24.5 Å². The average molecular weight is 289 g/mol. The highest BCUT2D eigenvalue weighted by Gasteiger charge is 2.33. The molecule has 1 aromatic heterocycles. The number of nitrogens with zero attached hydrogens (tertiary/aromatic N) is 2. The molecule has 1 saturated heterocycles. The summed E-state index contributed by atoms with van der Waals surface area (Å²) in [6.07, 6.45) is 6.35. The zero-order valence-electron chi connectivity index (χ0n) is 11.2. The molecule has 21 heavy (non-hydrogen) atoms. The minimum Gasteiger partial charge on any atom is -0.478 e. The number of primary amides is 1. The van der Waals surface area contributed by atoms with Crippen LogP contribution in [-0.2, 0) is 9.59 Å². The summed E-state index contributed by atoms with van der Waals surface area (Å²) in [6, 6.07) is 0.891. The van der Waals surface area contributed by atoms with E-state index in [1.54, 1.807) is 0 Å². The smallest absolute Gasteiger partial charge is 0.328 e. The van der Waals surface area contributed by atoms with Crippen LogP contribution < -0.4 is 5.73 Å². The first-order chi connectivity index (χ1) is 10.0. The number of hydrogen-bond donors (Lipinski definition) is 2. The largest absolute Gasteiger partial charge is 0.478 e. The molecule has 3 N–H and O–H groups in total. The average Bonchev–Trinajstić information content (AvgIpc) is 2.94. The summed E-state index contributed by atoms with van der Waals surface area (Å²) in [5, 5.41) is 8.67. The van der Waals surface area contributed by atoms with Gasteiger partial charge in [0.2, 0.25) is 5.91 Å². The molecule has 2 rings (SSSR count). The van der Waals surface area contributed by atoms with Crippen molar-refractivity contribution in [2.75, 3.05) is 6.54 Å². The SMILES string of the molecule is NC(=O)C1CCCN1C(=O)c1ccncc1C=CC(=O)O. The van der Waals surface area contributed by atoms with Crippen molar-refractivity contribution in [1.29, 1.82) is 0 Å². The lowest BCUT2D eigenvalue weighted by atomic mass is 10.1. The van der Waals surface area contributed by atoms with Crippen LogP contribution in [0.2, 0.25) is 0 Å². The molecule has 7 heteroatoms. The van der Waals surface area contributed by atoms with E-state index in [1.165, 1.54) is 29.4 Å². The number of carbonyl (C=O) groups is 3. The molecule has 110 valence electrons. The van der Waals surface area contributed by atoms with Gasteiger partial charge in [-0.05, 0) is 25.0 Å². The third-order valence-corrected chi connectivity index (χ3v) is 3.33. The van der Waals surface area contributed by atoms with Gasteiger partial charge in [-0.3, -0.25) is 14.6 Å². The van der Waals surface area contributed by atoms with Crippen LogP contribution in [0.25, 0.3) is 6.08 Å². The van der Waals surface area contributed by atoms with Gasteiger partial charge in [0.25, 0.3) is 5.91 Å². The van der Waals surface area contributed by atoms with Crippen molar-refractivity contribution in [3.63, 3.8) is 0 Å². The molecule has 2 amide bonds. The molecular formula is C14H15N3O4. The van der Waals surface area contributed by atoms with Crippen LogP contribution in [0.5, 0.6) is 0 Å². The number of carboxylic acids is 1. The number of carboxylic acid groups (broad SMARTS) is 1. The van der Waals surface area contributed by atoms with E-state index in [9.17, 15) is 14.4 Å². The van der Waals surface area contributed by atoms with Crippen LogP contribution in [0.4, 0.5) is 0 Å². The van der Waals surface area contributed by atoms with E-state index in [4.69, 9.17) is 10.8 Å². The number of likely N-dealkylation sites (tertiary alicyclic amines) is 1. The second-order valence-electron chi connectivity index (χ2n) is 4.69. The Kier molecular flexibility index (Phi) is 4.32. The van der Waals surface area contributed by atoms with Gasteiger partial charge >= 0.3 is 5.97 Å². The Morgan fingerprint density at radius 1 is 1.43 bits per heavy atom. The van der Waals surface area contributed by atoms with E-state index < -0.39 is 17.9 Å². The van der Waals surface area contributed by atoms with Crippen molar-refractivity contribution in [1.82, 2.24) is 9.88 Å². The summed E-state index contributed by atoms with van der Waals surface area (Å²) in [4.78, 5) is 39.8. The fraction of sp³-hybridized carbons (Fsp3) is 0.286. The van der Waals surface area contributed by atoms with Crippen molar-refractivity contribution in [3.8, 4) is 0 Å². The van der Waals surface area contributed by atoms with Gasteiger partial charge < -0.3 is 15.7 Å². The Bertz CT molecular complexity index is 612. The lowest BCUT2D eigenvalue weighted by molar-refractivity contribution is -0.131. The van der Waals surface area contributed by atoms with E-state index in [-0.39, 0.29) is 5.91 Å². The first-order valence-electron chi connectivity index (χ1n) is 6.46. The predicted molar refractivity (Wildman–Crippen MR) is 74.2 cm³/mol. The molecule has 0 saturated carbocycles. The van der Waals surface area contributed by atoms with Gasteiger partial charge in [0.05, 0.1) is 0 Å². The van der Waals surface area contributed by atoms with E-state index >= 15 is 0 Å². The van der Waals surface area contributed by atoms with Crippen LogP contribution >= 0.6 is 0 Å². The topological polar surface area (TPSA) is 114 Å². The molecule has 1 aromatic rings. The molecule has 0 aliphatic carbocycles. The summed E-state index contributed by atoms with van der Waals surface area (Å²) in [6.45, 7) is 0.455. The molecule has 1 aliphatic rings. The number of aliphatic carboxylic acids is 1. The number of nitrogens with two attached hydrogens (primary N) is 1. The van der Waals surface area contributed by atoms with Gasteiger partial charge in [0, 0.05) is 36.1 Å². The summed E-state index contributed by atoms with van der Waals surface area (Å²) in [7, 11) is 0. The molecule has 0 spiro atoms.